The van der Waals surface area contributed by atoms with Crippen LogP contribution in [-0.4, -0.2) is 10.2 Å². The highest BCUT2D eigenvalue weighted by Crippen LogP contribution is 2.19. The lowest BCUT2D eigenvalue weighted by Crippen LogP contribution is -2.09. The topological polar surface area (TPSA) is 38.9 Å². The molecule has 0 saturated heterocycles. The fraction of sp³-hybridized carbons (Fsp3) is 0.800. The summed E-state index contributed by atoms with van der Waals surface area (Å²) in [5.41, 5.74) is 0.218. The van der Waals surface area contributed by atoms with Gasteiger partial charge in [0, 0.05) is 12.8 Å². The van der Waals surface area contributed by atoms with E-state index in [4.69, 9.17) is 4.42 Å². The molecule has 0 aliphatic heterocycles. The van der Waals surface area contributed by atoms with E-state index in [0.29, 0.717) is 0 Å². The van der Waals surface area contributed by atoms with Crippen molar-refractivity contribution in [3.8, 4) is 0 Å². The molecule has 0 unspecified atom stereocenters. The van der Waals surface area contributed by atoms with Crippen molar-refractivity contribution in [2.45, 2.75) is 47.0 Å². The maximum absolute atomic E-state index is 5.48. The third kappa shape index (κ3) is 3.57. The Bertz CT molecular complexity index is 260. The van der Waals surface area contributed by atoms with Gasteiger partial charge in [0.25, 0.3) is 0 Å². The average Bonchev–Trinajstić information content (AvgIpc) is 2.33. The summed E-state index contributed by atoms with van der Waals surface area (Å²) in [5.74, 6) is 1.53. The molecular weight excluding hydrogens is 164 g/mol. The Balaban J connectivity index is 2.59. The molecule has 0 aliphatic rings. The van der Waals surface area contributed by atoms with Gasteiger partial charge in [-0.15, -0.1) is 10.2 Å². The van der Waals surface area contributed by atoms with Crippen LogP contribution in [0.4, 0.5) is 0 Å². The van der Waals surface area contributed by atoms with Crippen LogP contribution < -0.4 is 0 Å². The molecule has 0 radical (unpaired) electrons. The molecule has 0 bridgehead atoms. The van der Waals surface area contributed by atoms with Crippen molar-refractivity contribution >= 4 is 0 Å². The number of hydrogen-bond donors (Lipinski definition) is 0. The summed E-state index contributed by atoms with van der Waals surface area (Å²) in [5, 5.41) is 7.98. The maximum Gasteiger partial charge on any atom is 0.217 e. The summed E-state index contributed by atoms with van der Waals surface area (Å²) in [6.45, 7) is 8.59. The largest absolute Gasteiger partial charge is 0.425 e. The molecule has 1 rings (SSSR count). The van der Waals surface area contributed by atoms with E-state index in [1.54, 1.807) is 0 Å². The van der Waals surface area contributed by atoms with Gasteiger partial charge in [-0.3, -0.25) is 0 Å². The van der Waals surface area contributed by atoms with Gasteiger partial charge < -0.3 is 4.42 Å². The highest BCUT2D eigenvalue weighted by Gasteiger charge is 2.15. The number of aryl methyl sites for hydroxylation is 1. The zero-order valence-electron chi connectivity index (χ0n) is 8.92. The van der Waals surface area contributed by atoms with Crippen molar-refractivity contribution in [3.05, 3.63) is 11.8 Å². The minimum absolute atomic E-state index is 0.218. The Kier molecular flexibility index (Phi) is 3.07. The Morgan fingerprint density at radius 1 is 1.15 bits per heavy atom. The van der Waals surface area contributed by atoms with Crippen LogP contribution in [0.1, 0.15) is 45.9 Å². The molecule has 0 aliphatic carbocycles. The predicted molar refractivity (Wildman–Crippen MR) is 51.5 cm³/mol. The van der Waals surface area contributed by atoms with Gasteiger partial charge in [-0.2, -0.15) is 0 Å². The van der Waals surface area contributed by atoms with E-state index in [0.717, 1.165) is 31.0 Å². The lowest BCUT2D eigenvalue weighted by atomic mass is 9.92. The Labute approximate surface area is 79.6 Å². The van der Waals surface area contributed by atoms with Gasteiger partial charge in [0.1, 0.15) is 0 Å². The van der Waals surface area contributed by atoms with E-state index in [1.165, 1.54) is 0 Å². The molecular formula is C10H18N2O. The minimum atomic E-state index is 0.218. The lowest BCUT2D eigenvalue weighted by molar-refractivity contribution is 0.344. The second-order valence-corrected chi connectivity index (χ2v) is 4.58. The molecule has 0 saturated carbocycles. The van der Waals surface area contributed by atoms with Gasteiger partial charge in [-0.25, -0.2) is 0 Å². The summed E-state index contributed by atoms with van der Waals surface area (Å²) >= 11 is 0. The van der Waals surface area contributed by atoms with E-state index in [-0.39, 0.29) is 5.41 Å². The first-order valence-electron chi connectivity index (χ1n) is 4.82. The summed E-state index contributed by atoms with van der Waals surface area (Å²) in [6, 6.07) is 0. The van der Waals surface area contributed by atoms with Crippen molar-refractivity contribution in [2.24, 2.45) is 5.41 Å². The Morgan fingerprint density at radius 3 is 2.31 bits per heavy atom. The molecule has 3 nitrogen and oxygen atoms in total. The molecule has 74 valence electrons. The fourth-order valence-corrected chi connectivity index (χ4v) is 1.13. The van der Waals surface area contributed by atoms with Gasteiger partial charge in [0.15, 0.2) is 0 Å². The monoisotopic (exact) mass is 182 g/mol. The third-order valence-electron chi connectivity index (χ3n) is 1.65. The van der Waals surface area contributed by atoms with Crippen LogP contribution in [0.25, 0.3) is 0 Å². The number of hydrogen-bond acceptors (Lipinski definition) is 3. The second-order valence-electron chi connectivity index (χ2n) is 4.58. The van der Waals surface area contributed by atoms with Gasteiger partial charge in [-0.1, -0.05) is 27.7 Å². The SMILES string of the molecule is CCCc1nnc(CC(C)(C)C)o1. The summed E-state index contributed by atoms with van der Waals surface area (Å²) in [7, 11) is 0. The van der Waals surface area contributed by atoms with Crippen molar-refractivity contribution in [2.75, 3.05) is 0 Å². The van der Waals surface area contributed by atoms with E-state index < -0.39 is 0 Å². The van der Waals surface area contributed by atoms with Gasteiger partial charge >= 0.3 is 0 Å². The second kappa shape index (κ2) is 3.90. The highest BCUT2D eigenvalue weighted by molar-refractivity contribution is 4.85. The first-order valence-corrected chi connectivity index (χ1v) is 4.82. The van der Waals surface area contributed by atoms with Crippen LogP contribution >= 0.6 is 0 Å². The number of nitrogens with zero attached hydrogens (tertiary/aromatic N) is 2. The standard InChI is InChI=1S/C10H18N2O/c1-5-6-8-11-12-9(13-8)7-10(2,3)4/h5-7H2,1-4H3. The first-order chi connectivity index (χ1) is 6.01. The van der Waals surface area contributed by atoms with Crippen LogP contribution in [0.5, 0.6) is 0 Å². The van der Waals surface area contributed by atoms with Crippen LogP contribution in [0.3, 0.4) is 0 Å². The minimum Gasteiger partial charge on any atom is -0.425 e. The number of rotatable bonds is 3. The van der Waals surface area contributed by atoms with Crippen LogP contribution in [0, 0.1) is 5.41 Å². The van der Waals surface area contributed by atoms with Crippen LogP contribution in [-0.2, 0) is 12.8 Å². The third-order valence-corrected chi connectivity index (χ3v) is 1.65. The average molecular weight is 182 g/mol. The van der Waals surface area contributed by atoms with Crippen molar-refractivity contribution < 1.29 is 4.42 Å². The molecule has 1 heterocycles. The van der Waals surface area contributed by atoms with Gasteiger partial charge in [0.05, 0.1) is 0 Å². The predicted octanol–water partition coefficient (Wildman–Crippen LogP) is 2.61. The smallest absolute Gasteiger partial charge is 0.217 e. The van der Waals surface area contributed by atoms with Gasteiger partial charge in [-0.05, 0) is 11.8 Å². The Morgan fingerprint density at radius 2 is 1.77 bits per heavy atom. The van der Waals surface area contributed by atoms with Crippen LogP contribution in [0.2, 0.25) is 0 Å². The first kappa shape index (κ1) is 10.2. The zero-order valence-corrected chi connectivity index (χ0v) is 8.92. The normalized spacial score (nSPS) is 12.0. The van der Waals surface area contributed by atoms with Crippen molar-refractivity contribution in [1.29, 1.82) is 0 Å². The maximum atomic E-state index is 5.48. The van der Waals surface area contributed by atoms with E-state index in [1.807, 2.05) is 0 Å². The summed E-state index contributed by atoms with van der Waals surface area (Å²) in [6.07, 6.45) is 2.79. The Hall–Kier alpha value is -0.860. The van der Waals surface area contributed by atoms with Crippen molar-refractivity contribution in [1.82, 2.24) is 10.2 Å². The molecule has 0 fully saturated rings. The molecule has 3 heteroatoms. The molecule has 0 spiro atoms. The van der Waals surface area contributed by atoms with E-state index in [2.05, 4.69) is 37.9 Å². The zero-order chi connectivity index (χ0) is 9.90. The molecule has 1 aromatic rings. The molecule has 0 aromatic carbocycles. The summed E-state index contributed by atoms with van der Waals surface area (Å²) < 4.78 is 5.48. The highest BCUT2D eigenvalue weighted by atomic mass is 16.4. The van der Waals surface area contributed by atoms with Crippen molar-refractivity contribution in [3.63, 3.8) is 0 Å². The van der Waals surface area contributed by atoms with E-state index in [9.17, 15) is 0 Å². The molecule has 0 amide bonds. The molecule has 0 N–H and O–H groups in total. The van der Waals surface area contributed by atoms with Crippen LogP contribution in [0.15, 0.2) is 4.42 Å². The molecule has 0 atom stereocenters. The number of aromatic nitrogens is 2. The van der Waals surface area contributed by atoms with Gasteiger partial charge in [0.2, 0.25) is 11.8 Å². The molecule has 13 heavy (non-hydrogen) atoms. The lowest BCUT2D eigenvalue weighted by Gasteiger charge is -2.14. The summed E-state index contributed by atoms with van der Waals surface area (Å²) in [4.78, 5) is 0. The molecule has 1 aromatic heterocycles. The fourth-order valence-electron chi connectivity index (χ4n) is 1.13. The quantitative estimate of drug-likeness (QED) is 0.721. The van der Waals surface area contributed by atoms with E-state index >= 15 is 0 Å².